The molecule has 0 spiro atoms. The topological polar surface area (TPSA) is 72.4 Å². The summed E-state index contributed by atoms with van der Waals surface area (Å²) in [5, 5.41) is 3.14. The fourth-order valence-corrected chi connectivity index (χ4v) is 2.65. The maximum Gasteiger partial charge on any atom is 0.323 e. The van der Waals surface area contributed by atoms with Crippen LogP contribution in [0.1, 0.15) is 32.6 Å². The summed E-state index contributed by atoms with van der Waals surface area (Å²) in [5.74, 6) is 1.29. The quantitative estimate of drug-likeness (QED) is 0.851. The Morgan fingerprint density at radius 1 is 1.24 bits per heavy atom. The van der Waals surface area contributed by atoms with Gasteiger partial charge in [-0.25, -0.2) is 0 Å². The Labute approximate surface area is 125 Å². The minimum absolute atomic E-state index is 0.166. The molecule has 3 rings (SSSR count). The van der Waals surface area contributed by atoms with Gasteiger partial charge in [0, 0.05) is 26.2 Å². The molecule has 7 heteroatoms. The van der Waals surface area contributed by atoms with Crippen molar-refractivity contribution in [1.82, 2.24) is 15.0 Å². The highest BCUT2D eigenvalue weighted by Gasteiger charge is 2.20. The fourth-order valence-electron chi connectivity index (χ4n) is 2.65. The van der Waals surface area contributed by atoms with Crippen LogP contribution in [0.3, 0.4) is 0 Å². The number of ether oxygens (including phenoxy) is 2. The second-order valence-corrected chi connectivity index (χ2v) is 5.41. The van der Waals surface area contributed by atoms with Gasteiger partial charge < -0.3 is 19.7 Å². The summed E-state index contributed by atoms with van der Waals surface area (Å²) in [6, 6.07) is 0.387. The largest absolute Gasteiger partial charge is 0.461 e. The van der Waals surface area contributed by atoms with Crippen molar-refractivity contribution in [2.24, 2.45) is 0 Å². The molecule has 0 saturated carbocycles. The third-order valence-corrected chi connectivity index (χ3v) is 3.75. The molecule has 3 heterocycles. The van der Waals surface area contributed by atoms with Crippen molar-refractivity contribution in [2.45, 2.75) is 38.7 Å². The van der Waals surface area contributed by atoms with E-state index in [1.807, 2.05) is 6.92 Å². The molecule has 2 fully saturated rings. The number of hydrogen-bond donors (Lipinski definition) is 1. The summed E-state index contributed by atoms with van der Waals surface area (Å²) in [4.78, 5) is 15.4. The van der Waals surface area contributed by atoms with E-state index in [2.05, 4.69) is 25.2 Å². The number of anilines is 2. The van der Waals surface area contributed by atoms with E-state index < -0.39 is 0 Å². The van der Waals surface area contributed by atoms with Crippen LogP contribution in [-0.4, -0.2) is 53.9 Å². The number of rotatable bonds is 6. The molecule has 1 unspecified atom stereocenters. The first kappa shape index (κ1) is 14.3. The molecular weight excluding hydrogens is 270 g/mol. The summed E-state index contributed by atoms with van der Waals surface area (Å²) >= 11 is 0. The van der Waals surface area contributed by atoms with Crippen molar-refractivity contribution in [3.05, 3.63) is 0 Å². The van der Waals surface area contributed by atoms with E-state index in [4.69, 9.17) is 9.47 Å². The van der Waals surface area contributed by atoms with Crippen LogP contribution in [0.15, 0.2) is 0 Å². The standard InChI is InChI=1S/C14H23N5O2/c1-2-15-12-16-13(19-7-3-4-8-19)18-14(17-12)21-10-11-6-5-9-20-11/h11H,2-10H2,1H3,(H,15,16,17,18). The van der Waals surface area contributed by atoms with Gasteiger partial charge in [0.05, 0.1) is 6.10 Å². The first-order valence-electron chi connectivity index (χ1n) is 7.84. The van der Waals surface area contributed by atoms with Gasteiger partial charge in [-0.15, -0.1) is 0 Å². The maximum atomic E-state index is 5.72. The smallest absolute Gasteiger partial charge is 0.323 e. The predicted molar refractivity (Wildman–Crippen MR) is 79.9 cm³/mol. The molecule has 1 N–H and O–H groups in total. The Morgan fingerprint density at radius 3 is 2.81 bits per heavy atom. The van der Waals surface area contributed by atoms with Gasteiger partial charge in [-0.05, 0) is 32.6 Å². The van der Waals surface area contributed by atoms with Gasteiger partial charge in [-0.3, -0.25) is 0 Å². The van der Waals surface area contributed by atoms with Crippen molar-refractivity contribution < 1.29 is 9.47 Å². The second kappa shape index (κ2) is 6.89. The van der Waals surface area contributed by atoms with E-state index in [1.165, 1.54) is 12.8 Å². The van der Waals surface area contributed by atoms with Crippen LogP contribution in [0.25, 0.3) is 0 Å². The minimum Gasteiger partial charge on any atom is -0.461 e. The Morgan fingerprint density at radius 2 is 2.10 bits per heavy atom. The van der Waals surface area contributed by atoms with E-state index in [1.54, 1.807) is 0 Å². The Bertz CT molecular complexity index is 459. The van der Waals surface area contributed by atoms with Gasteiger partial charge in [0.2, 0.25) is 11.9 Å². The third-order valence-electron chi connectivity index (χ3n) is 3.75. The van der Waals surface area contributed by atoms with Crippen molar-refractivity contribution >= 4 is 11.9 Å². The van der Waals surface area contributed by atoms with Crippen molar-refractivity contribution in [2.75, 3.05) is 43.1 Å². The summed E-state index contributed by atoms with van der Waals surface area (Å²) in [6.45, 7) is 6.13. The van der Waals surface area contributed by atoms with Crippen LogP contribution >= 0.6 is 0 Å². The summed E-state index contributed by atoms with van der Waals surface area (Å²) in [7, 11) is 0. The highest BCUT2D eigenvalue weighted by molar-refractivity contribution is 5.39. The summed E-state index contributed by atoms with van der Waals surface area (Å²) in [6.07, 6.45) is 4.69. The molecule has 21 heavy (non-hydrogen) atoms. The lowest BCUT2D eigenvalue weighted by atomic mass is 10.2. The molecule has 2 saturated heterocycles. The predicted octanol–water partition coefficient (Wildman–Crippen LogP) is 1.46. The molecule has 0 aliphatic carbocycles. The molecule has 0 amide bonds. The highest BCUT2D eigenvalue weighted by atomic mass is 16.5. The lowest BCUT2D eigenvalue weighted by Gasteiger charge is -2.17. The van der Waals surface area contributed by atoms with Crippen LogP contribution in [0.4, 0.5) is 11.9 Å². The fraction of sp³-hybridized carbons (Fsp3) is 0.786. The number of hydrogen-bond acceptors (Lipinski definition) is 7. The lowest BCUT2D eigenvalue weighted by molar-refractivity contribution is 0.0645. The van der Waals surface area contributed by atoms with Crippen LogP contribution in [0, 0.1) is 0 Å². The van der Waals surface area contributed by atoms with Gasteiger partial charge >= 0.3 is 6.01 Å². The van der Waals surface area contributed by atoms with Gasteiger partial charge in [0.15, 0.2) is 0 Å². The second-order valence-electron chi connectivity index (χ2n) is 5.41. The van der Waals surface area contributed by atoms with Crippen LogP contribution in [-0.2, 0) is 4.74 Å². The van der Waals surface area contributed by atoms with E-state index in [9.17, 15) is 0 Å². The molecule has 1 atom stereocenters. The third kappa shape index (κ3) is 3.72. The Hall–Kier alpha value is -1.63. The zero-order valence-corrected chi connectivity index (χ0v) is 12.5. The van der Waals surface area contributed by atoms with Crippen LogP contribution in [0.2, 0.25) is 0 Å². The maximum absolute atomic E-state index is 5.72. The zero-order chi connectivity index (χ0) is 14.5. The number of nitrogens with one attached hydrogen (secondary N) is 1. The van der Waals surface area contributed by atoms with Crippen LogP contribution in [0.5, 0.6) is 6.01 Å². The highest BCUT2D eigenvalue weighted by Crippen LogP contribution is 2.20. The minimum atomic E-state index is 0.166. The molecule has 1 aromatic heterocycles. The molecule has 1 aromatic rings. The van der Waals surface area contributed by atoms with Crippen molar-refractivity contribution in [3.63, 3.8) is 0 Å². The lowest BCUT2D eigenvalue weighted by Crippen LogP contribution is -2.23. The number of aromatic nitrogens is 3. The molecule has 0 bridgehead atoms. The van der Waals surface area contributed by atoms with Gasteiger partial charge in [0.25, 0.3) is 0 Å². The Kier molecular flexibility index (Phi) is 4.69. The molecule has 2 aliphatic heterocycles. The first-order valence-corrected chi connectivity index (χ1v) is 7.84. The average Bonchev–Trinajstić information content (AvgIpc) is 3.19. The average molecular weight is 293 g/mol. The number of nitrogens with zero attached hydrogens (tertiary/aromatic N) is 4. The van der Waals surface area contributed by atoms with E-state index in [0.29, 0.717) is 24.5 Å². The molecule has 0 radical (unpaired) electrons. The normalized spacial score (nSPS) is 21.8. The zero-order valence-electron chi connectivity index (χ0n) is 12.5. The molecule has 0 aromatic carbocycles. The molecule has 2 aliphatic rings. The first-order chi connectivity index (χ1) is 10.3. The van der Waals surface area contributed by atoms with Crippen molar-refractivity contribution in [1.29, 1.82) is 0 Å². The van der Waals surface area contributed by atoms with E-state index in [0.717, 1.165) is 39.1 Å². The monoisotopic (exact) mass is 293 g/mol. The van der Waals surface area contributed by atoms with Gasteiger partial charge in [-0.1, -0.05) is 0 Å². The Balaban J connectivity index is 1.70. The molecule has 116 valence electrons. The van der Waals surface area contributed by atoms with E-state index in [-0.39, 0.29) is 6.10 Å². The summed E-state index contributed by atoms with van der Waals surface area (Å²) < 4.78 is 11.3. The van der Waals surface area contributed by atoms with Crippen LogP contribution < -0.4 is 15.0 Å². The summed E-state index contributed by atoms with van der Waals surface area (Å²) in [5.41, 5.74) is 0. The van der Waals surface area contributed by atoms with Gasteiger partial charge in [-0.2, -0.15) is 15.0 Å². The molecular formula is C14H23N5O2. The molecule has 7 nitrogen and oxygen atoms in total. The SMILES string of the molecule is CCNc1nc(OCC2CCCO2)nc(N2CCCC2)n1. The van der Waals surface area contributed by atoms with E-state index >= 15 is 0 Å². The van der Waals surface area contributed by atoms with Gasteiger partial charge in [0.1, 0.15) is 6.61 Å². The van der Waals surface area contributed by atoms with Crippen molar-refractivity contribution in [3.8, 4) is 6.01 Å².